The summed E-state index contributed by atoms with van der Waals surface area (Å²) < 4.78 is 0.463. The molecule has 2 atom stereocenters. The molecule has 0 aromatic heterocycles. The first-order valence-electron chi connectivity index (χ1n) is 4.73. The van der Waals surface area contributed by atoms with Crippen molar-refractivity contribution >= 4 is 15.9 Å². The second kappa shape index (κ2) is 3.47. The van der Waals surface area contributed by atoms with E-state index in [1.165, 1.54) is 25.7 Å². The van der Waals surface area contributed by atoms with E-state index in [1.54, 1.807) is 0 Å². The van der Waals surface area contributed by atoms with Gasteiger partial charge in [0.1, 0.15) is 0 Å². The summed E-state index contributed by atoms with van der Waals surface area (Å²) in [7, 11) is 0. The van der Waals surface area contributed by atoms with Crippen molar-refractivity contribution in [1.82, 2.24) is 0 Å². The lowest BCUT2D eigenvalue weighted by Crippen LogP contribution is -2.33. The maximum absolute atomic E-state index is 3.90. The molecule has 2 unspecified atom stereocenters. The van der Waals surface area contributed by atoms with Gasteiger partial charge in [0.05, 0.1) is 0 Å². The molecule has 0 spiro atoms. The van der Waals surface area contributed by atoms with E-state index in [1.807, 2.05) is 0 Å². The van der Waals surface area contributed by atoms with Gasteiger partial charge in [0.15, 0.2) is 0 Å². The normalized spacial score (nSPS) is 39.5. The van der Waals surface area contributed by atoms with Crippen LogP contribution in [0.5, 0.6) is 0 Å². The van der Waals surface area contributed by atoms with Crippen molar-refractivity contribution in [2.45, 2.75) is 50.8 Å². The van der Waals surface area contributed by atoms with E-state index in [0.717, 1.165) is 11.8 Å². The van der Waals surface area contributed by atoms with Crippen LogP contribution < -0.4 is 0 Å². The summed E-state index contributed by atoms with van der Waals surface area (Å²) >= 11 is 3.90. The maximum Gasteiger partial charge on any atom is 0.0283 e. The van der Waals surface area contributed by atoms with Gasteiger partial charge in [-0.1, -0.05) is 49.5 Å². The molecule has 0 nitrogen and oxygen atoms in total. The van der Waals surface area contributed by atoms with Crippen LogP contribution in [0.4, 0.5) is 0 Å². The lowest BCUT2D eigenvalue weighted by atomic mass is 9.77. The molecule has 0 radical (unpaired) electrons. The molecule has 0 aromatic carbocycles. The molecule has 0 N–H and O–H groups in total. The van der Waals surface area contributed by atoms with Crippen molar-refractivity contribution in [3.8, 4) is 0 Å². The standard InChI is InChI=1S/C10H19Br/c1-8(2)10(11)6-4-5-9(3)7-10/h8-9H,4-7H2,1-3H3. The Balaban J connectivity index is 2.55. The van der Waals surface area contributed by atoms with Crippen LogP contribution in [0, 0.1) is 11.8 Å². The number of alkyl halides is 1. The number of rotatable bonds is 1. The zero-order valence-electron chi connectivity index (χ0n) is 7.86. The first kappa shape index (κ1) is 9.57. The van der Waals surface area contributed by atoms with Crippen LogP contribution in [0.25, 0.3) is 0 Å². The Morgan fingerprint density at radius 2 is 2.09 bits per heavy atom. The molecule has 0 amide bonds. The summed E-state index contributed by atoms with van der Waals surface area (Å²) in [4.78, 5) is 0. The molecule has 1 fully saturated rings. The fourth-order valence-corrected chi connectivity index (χ4v) is 2.89. The highest BCUT2D eigenvalue weighted by molar-refractivity contribution is 9.10. The molecule has 1 saturated carbocycles. The van der Waals surface area contributed by atoms with Gasteiger partial charge in [-0.05, 0) is 24.7 Å². The molecule has 0 aliphatic heterocycles. The van der Waals surface area contributed by atoms with E-state index >= 15 is 0 Å². The first-order chi connectivity index (χ1) is 5.04. The summed E-state index contributed by atoms with van der Waals surface area (Å²) in [6.07, 6.45) is 5.57. The zero-order chi connectivity index (χ0) is 8.48. The molecule has 1 aliphatic rings. The Labute approximate surface area is 78.9 Å². The fraction of sp³-hybridized carbons (Fsp3) is 1.00. The molecule has 66 valence electrons. The average molecular weight is 219 g/mol. The maximum atomic E-state index is 3.90. The van der Waals surface area contributed by atoms with Gasteiger partial charge in [0, 0.05) is 4.32 Å². The molecule has 0 heterocycles. The first-order valence-corrected chi connectivity index (χ1v) is 5.53. The van der Waals surface area contributed by atoms with Crippen molar-refractivity contribution in [1.29, 1.82) is 0 Å². The predicted octanol–water partition coefficient (Wildman–Crippen LogP) is 3.99. The van der Waals surface area contributed by atoms with Gasteiger partial charge in [-0.2, -0.15) is 0 Å². The summed E-state index contributed by atoms with van der Waals surface area (Å²) in [5.74, 6) is 1.70. The molecule has 1 heteroatoms. The van der Waals surface area contributed by atoms with Crippen LogP contribution in [-0.4, -0.2) is 4.32 Å². The van der Waals surface area contributed by atoms with Crippen LogP contribution >= 0.6 is 15.9 Å². The summed E-state index contributed by atoms with van der Waals surface area (Å²) in [5.41, 5.74) is 0. The monoisotopic (exact) mass is 218 g/mol. The summed E-state index contributed by atoms with van der Waals surface area (Å²) in [5, 5.41) is 0. The predicted molar refractivity (Wildman–Crippen MR) is 54.1 cm³/mol. The third kappa shape index (κ3) is 2.21. The second-order valence-corrected chi connectivity index (χ2v) is 5.97. The third-order valence-corrected chi connectivity index (χ3v) is 4.65. The Morgan fingerprint density at radius 3 is 2.45 bits per heavy atom. The Kier molecular flexibility index (Phi) is 3.02. The van der Waals surface area contributed by atoms with Crippen LogP contribution in [0.2, 0.25) is 0 Å². The highest BCUT2D eigenvalue weighted by atomic mass is 79.9. The minimum Gasteiger partial charge on any atom is -0.0850 e. The number of hydrogen-bond acceptors (Lipinski definition) is 0. The Morgan fingerprint density at radius 1 is 1.45 bits per heavy atom. The van der Waals surface area contributed by atoms with E-state index in [4.69, 9.17) is 0 Å². The van der Waals surface area contributed by atoms with Crippen LogP contribution in [-0.2, 0) is 0 Å². The van der Waals surface area contributed by atoms with Gasteiger partial charge < -0.3 is 0 Å². The lowest BCUT2D eigenvalue weighted by Gasteiger charge is -2.38. The lowest BCUT2D eigenvalue weighted by molar-refractivity contribution is 0.267. The highest BCUT2D eigenvalue weighted by Gasteiger charge is 2.34. The van der Waals surface area contributed by atoms with E-state index in [2.05, 4.69) is 36.7 Å². The molecule has 0 saturated heterocycles. The minimum absolute atomic E-state index is 0.463. The number of hydrogen-bond donors (Lipinski definition) is 0. The van der Waals surface area contributed by atoms with E-state index in [0.29, 0.717) is 4.32 Å². The highest BCUT2D eigenvalue weighted by Crippen LogP contribution is 2.43. The van der Waals surface area contributed by atoms with Crippen LogP contribution in [0.1, 0.15) is 46.5 Å². The summed E-state index contributed by atoms with van der Waals surface area (Å²) in [6.45, 7) is 7.02. The molecule has 11 heavy (non-hydrogen) atoms. The van der Waals surface area contributed by atoms with Crippen LogP contribution in [0.15, 0.2) is 0 Å². The van der Waals surface area contributed by atoms with Gasteiger partial charge in [-0.25, -0.2) is 0 Å². The van der Waals surface area contributed by atoms with Crippen molar-refractivity contribution in [3.05, 3.63) is 0 Å². The van der Waals surface area contributed by atoms with Crippen molar-refractivity contribution in [2.24, 2.45) is 11.8 Å². The van der Waals surface area contributed by atoms with Gasteiger partial charge in [-0.15, -0.1) is 0 Å². The number of halogens is 1. The fourth-order valence-electron chi connectivity index (χ4n) is 2.05. The molecule has 1 aliphatic carbocycles. The van der Waals surface area contributed by atoms with E-state index < -0.39 is 0 Å². The van der Waals surface area contributed by atoms with Gasteiger partial charge in [0.25, 0.3) is 0 Å². The van der Waals surface area contributed by atoms with Crippen molar-refractivity contribution in [2.75, 3.05) is 0 Å². The Hall–Kier alpha value is 0.480. The largest absolute Gasteiger partial charge is 0.0850 e. The molecular formula is C10H19Br. The smallest absolute Gasteiger partial charge is 0.0283 e. The average Bonchev–Trinajstić information content (AvgIpc) is 1.86. The zero-order valence-corrected chi connectivity index (χ0v) is 9.45. The summed E-state index contributed by atoms with van der Waals surface area (Å²) in [6, 6.07) is 0. The van der Waals surface area contributed by atoms with Gasteiger partial charge >= 0.3 is 0 Å². The molecular weight excluding hydrogens is 200 g/mol. The van der Waals surface area contributed by atoms with Crippen molar-refractivity contribution < 1.29 is 0 Å². The Bertz CT molecular complexity index is 131. The van der Waals surface area contributed by atoms with E-state index in [-0.39, 0.29) is 0 Å². The quantitative estimate of drug-likeness (QED) is 0.585. The SMILES string of the molecule is CC1CCCC(Br)(C(C)C)C1. The topological polar surface area (TPSA) is 0 Å². The molecule has 0 aromatic rings. The molecule has 0 bridgehead atoms. The second-order valence-electron chi connectivity index (χ2n) is 4.39. The van der Waals surface area contributed by atoms with E-state index in [9.17, 15) is 0 Å². The molecule has 1 rings (SSSR count). The van der Waals surface area contributed by atoms with Crippen molar-refractivity contribution in [3.63, 3.8) is 0 Å². The minimum atomic E-state index is 0.463. The van der Waals surface area contributed by atoms with Crippen LogP contribution in [0.3, 0.4) is 0 Å². The van der Waals surface area contributed by atoms with Gasteiger partial charge in [-0.3, -0.25) is 0 Å². The van der Waals surface area contributed by atoms with Gasteiger partial charge in [0.2, 0.25) is 0 Å². The third-order valence-electron chi connectivity index (χ3n) is 3.01.